The van der Waals surface area contributed by atoms with Crippen molar-refractivity contribution in [1.82, 2.24) is 9.97 Å². The first-order valence-corrected chi connectivity index (χ1v) is 7.76. The minimum atomic E-state index is 0.770. The quantitative estimate of drug-likeness (QED) is 0.495. The summed E-state index contributed by atoms with van der Waals surface area (Å²) in [6.07, 6.45) is 1.58. The van der Waals surface area contributed by atoms with Gasteiger partial charge in [0.1, 0.15) is 13.7 Å². The molecule has 0 unspecified atom stereocenters. The van der Waals surface area contributed by atoms with Crippen molar-refractivity contribution in [3.63, 3.8) is 0 Å². The molecule has 3 nitrogen and oxygen atoms in total. The maximum absolute atomic E-state index is 4.17. The molecule has 0 aliphatic carbocycles. The second kappa shape index (κ2) is 6.28. The van der Waals surface area contributed by atoms with E-state index in [1.807, 2.05) is 12.1 Å². The molecule has 0 saturated heterocycles. The average molecular weight is 516 g/mol. The number of benzene rings is 1. The molecular formula is C11H8BrI2N3. The second-order valence-corrected chi connectivity index (χ2v) is 6.27. The summed E-state index contributed by atoms with van der Waals surface area (Å²) in [5, 5.41) is 3.36. The summed E-state index contributed by atoms with van der Waals surface area (Å²) in [6.45, 7) is 0.770. The van der Waals surface area contributed by atoms with Crippen molar-refractivity contribution in [2.24, 2.45) is 0 Å². The third-order valence-electron chi connectivity index (χ3n) is 2.14. The fraction of sp³-hybridized carbons (Fsp3) is 0.0909. The Hall–Kier alpha value is 0.0400. The third kappa shape index (κ3) is 3.75. The molecule has 0 spiro atoms. The van der Waals surface area contributed by atoms with E-state index < -0.39 is 0 Å². The van der Waals surface area contributed by atoms with E-state index in [1.54, 1.807) is 6.33 Å². The van der Waals surface area contributed by atoms with Crippen LogP contribution in [0.3, 0.4) is 0 Å². The van der Waals surface area contributed by atoms with E-state index in [2.05, 4.69) is 88.5 Å². The van der Waals surface area contributed by atoms with Crippen LogP contribution in [0.4, 0.5) is 5.69 Å². The van der Waals surface area contributed by atoms with Crippen molar-refractivity contribution in [3.05, 3.63) is 48.0 Å². The van der Waals surface area contributed by atoms with E-state index in [9.17, 15) is 0 Å². The van der Waals surface area contributed by atoms with Crippen LogP contribution < -0.4 is 5.32 Å². The number of rotatable bonds is 3. The lowest BCUT2D eigenvalue weighted by Crippen LogP contribution is -2.05. The van der Waals surface area contributed by atoms with Crippen LogP contribution in [0.5, 0.6) is 0 Å². The first-order valence-electron chi connectivity index (χ1n) is 4.81. The van der Waals surface area contributed by atoms with Gasteiger partial charge in [0.2, 0.25) is 0 Å². The predicted molar refractivity (Wildman–Crippen MR) is 88.9 cm³/mol. The Morgan fingerprint density at radius 1 is 1.06 bits per heavy atom. The molecule has 88 valence electrons. The van der Waals surface area contributed by atoms with Gasteiger partial charge >= 0.3 is 0 Å². The highest BCUT2D eigenvalue weighted by Gasteiger charge is 2.06. The Labute approximate surface area is 135 Å². The highest BCUT2D eigenvalue weighted by Crippen LogP contribution is 2.21. The molecule has 0 aliphatic heterocycles. The summed E-state index contributed by atoms with van der Waals surface area (Å²) in [5.74, 6) is 0. The maximum Gasteiger partial charge on any atom is 0.128 e. The molecule has 1 N–H and O–H groups in total. The van der Waals surface area contributed by atoms with Crippen LogP contribution >= 0.6 is 61.1 Å². The summed E-state index contributed by atoms with van der Waals surface area (Å²) < 4.78 is 2.98. The Morgan fingerprint density at radius 3 is 2.24 bits per heavy atom. The monoisotopic (exact) mass is 515 g/mol. The van der Waals surface area contributed by atoms with Gasteiger partial charge in [0.05, 0.1) is 5.69 Å². The lowest BCUT2D eigenvalue weighted by molar-refractivity contribution is 1.06. The van der Waals surface area contributed by atoms with Crippen molar-refractivity contribution in [1.29, 1.82) is 0 Å². The molecule has 0 aliphatic rings. The first-order chi connectivity index (χ1) is 8.16. The number of aromatic nitrogens is 2. The Morgan fingerprint density at radius 2 is 1.65 bits per heavy atom. The molecule has 0 atom stereocenters. The molecule has 2 rings (SSSR count). The Bertz CT molecular complexity index is 496. The standard InChI is InChI=1S/C11H8BrI2N3/c12-8-3-1-7(2-4-8)5-15-9-10(13)16-6-17-11(9)14/h1-4,6,15H,5H2. The molecule has 2 aromatic rings. The van der Waals surface area contributed by atoms with Crippen LogP contribution in [0.2, 0.25) is 0 Å². The van der Waals surface area contributed by atoms with E-state index in [0.717, 1.165) is 24.1 Å². The van der Waals surface area contributed by atoms with Gasteiger partial charge in [0.25, 0.3) is 0 Å². The van der Waals surface area contributed by atoms with Gasteiger partial charge in [0.15, 0.2) is 0 Å². The van der Waals surface area contributed by atoms with Gasteiger partial charge in [-0.25, -0.2) is 9.97 Å². The smallest absolute Gasteiger partial charge is 0.128 e. The van der Waals surface area contributed by atoms with Crippen LogP contribution in [-0.2, 0) is 6.54 Å². The minimum absolute atomic E-state index is 0.770. The maximum atomic E-state index is 4.17. The molecule has 1 aromatic heterocycles. The zero-order chi connectivity index (χ0) is 12.3. The molecule has 17 heavy (non-hydrogen) atoms. The minimum Gasteiger partial charge on any atom is -0.377 e. The van der Waals surface area contributed by atoms with Gasteiger partial charge in [-0.3, -0.25) is 0 Å². The summed E-state index contributed by atoms with van der Waals surface area (Å²) in [4.78, 5) is 8.33. The van der Waals surface area contributed by atoms with Crippen molar-refractivity contribution in [2.45, 2.75) is 6.54 Å². The Balaban J connectivity index is 2.10. The molecule has 0 amide bonds. The summed E-state index contributed by atoms with van der Waals surface area (Å²) in [7, 11) is 0. The molecule has 0 saturated carbocycles. The van der Waals surface area contributed by atoms with Gasteiger partial charge in [0, 0.05) is 11.0 Å². The van der Waals surface area contributed by atoms with E-state index in [1.165, 1.54) is 5.56 Å². The van der Waals surface area contributed by atoms with Crippen molar-refractivity contribution < 1.29 is 0 Å². The van der Waals surface area contributed by atoms with Gasteiger partial charge < -0.3 is 5.32 Å². The van der Waals surface area contributed by atoms with Crippen LogP contribution in [0.25, 0.3) is 0 Å². The fourth-order valence-electron chi connectivity index (χ4n) is 1.28. The lowest BCUT2D eigenvalue weighted by Gasteiger charge is -2.09. The van der Waals surface area contributed by atoms with Gasteiger partial charge in [-0.2, -0.15) is 0 Å². The number of nitrogens with zero attached hydrogens (tertiary/aromatic N) is 2. The number of hydrogen-bond acceptors (Lipinski definition) is 3. The molecular weight excluding hydrogens is 508 g/mol. The number of halogens is 3. The Kier molecular flexibility index (Phi) is 4.97. The van der Waals surface area contributed by atoms with E-state index in [4.69, 9.17) is 0 Å². The summed E-state index contributed by atoms with van der Waals surface area (Å²) in [6, 6.07) is 8.24. The van der Waals surface area contributed by atoms with Gasteiger partial charge in [-0.15, -0.1) is 0 Å². The van der Waals surface area contributed by atoms with Crippen molar-refractivity contribution in [2.75, 3.05) is 5.32 Å². The van der Waals surface area contributed by atoms with E-state index in [-0.39, 0.29) is 0 Å². The van der Waals surface area contributed by atoms with E-state index in [0.29, 0.717) is 0 Å². The van der Waals surface area contributed by atoms with E-state index >= 15 is 0 Å². The van der Waals surface area contributed by atoms with Gasteiger partial charge in [-0.1, -0.05) is 28.1 Å². The predicted octanol–water partition coefficient (Wildman–Crippen LogP) is 4.06. The topological polar surface area (TPSA) is 37.8 Å². The molecule has 6 heteroatoms. The molecule has 1 aromatic carbocycles. The molecule has 0 fully saturated rings. The van der Waals surface area contributed by atoms with Crippen LogP contribution in [-0.4, -0.2) is 9.97 Å². The van der Waals surface area contributed by atoms with Crippen molar-refractivity contribution in [3.8, 4) is 0 Å². The second-order valence-electron chi connectivity index (χ2n) is 3.31. The SMILES string of the molecule is Brc1ccc(CNc2c(I)ncnc2I)cc1. The average Bonchev–Trinajstić information content (AvgIpc) is 2.31. The summed E-state index contributed by atoms with van der Waals surface area (Å²) in [5.41, 5.74) is 2.22. The van der Waals surface area contributed by atoms with Crippen LogP contribution in [0.1, 0.15) is 5.56 Å². The number of nitrogens with one attached hydrogen (secondary N) is 1. The number of anilines is 1. The van der Waals surface area contributed by atoms with Gasteiger partial charge in [-0.05, 0) is 62.9 Å². The summed E-state index contributed by atoms with van der Waals surface area (Å²) >= 11 is 7.84. The highest BCUT2D eigenvalue weighted by molar-refractivity contribution is 14.1. The first kappa shape index (κ1) is 13.5. The molecule has 0 radical (unpaired) electrons. The number of hydrogen-bond donors (Lipinski definition) is 1. The fourth-order valence-corrected chi connectivity index (χ4v) is 3.20. The normalized spacial score (nSPS) is 10.3. The third-order valence-corrected chi connectivity index (χ3v) is 4.30. The zero-order valence-electron chi connectivity index (χ0n) is 8.62. The lowest BCUT2D eigenvalue weighted by atomic mass is 10.2. The van der Waals surface area contributed by atoms with Crippen LogP contribution in [0.15, 0.2) is 35.1 Å². The molecule has 1 heterocycles. The molecule has 0 bridgehead atoms. The highest BCUT2D eigenvalue weighted by atomic mass is 127. The zero-order valence-corrected chi connectivity index (χ0v) is 14.5. The van der Waals surface area contributed by atoms with Crippen molar-refractivity contribution >= 4 is 66.8 Å². The largest absolute Gasteiger partial charge is 0.377 e. The van der Waals surface area contributed by atoms with Crippen LogP contribution in [0, 0.1) is 7.40 Å².